The third-order valence-electron chi connectivity index (χ3n) is 1.46. The zero-order valence-electron chi connectivity index (χ0n) is 8.03. The number of ether oxygens (including phenoxy) is 2. The van der Waals surface area contributed by atoms with Crippen molar-refractivity contribution >= 4 is 5.97 Å². The van der Waals surface area contributed by atoms with Gasteiger partial charge in [0.05, 0.1) is 6.61 Å². The molecule has 5 nitrogen and oxygen atoms in total. The number of carbonyl (C=O) groups is 1. The summed E-state index contributed by atoms with van der Waals surface area (Å²) in [5, 5.41) is 8.51. The molecule has 78 valence electrons. The summed E-state index contributed by atoms with van der Waals surface area (Å²) in [6, 6.07) is -0.746. The second kappa shape index (κ2) is 6.82. The highest BCUT2D eigenvalue weighted by Crippen LogP contribution is 1.97. The van der Waals surface area contributed by atoms with Crippen molar-refractivity contribution in [1.29, 1.82) is 0 Å². The molecular formula is C8H17NO4. The Balaban J connectivity index is 3.71. The van der Waals surface area contributed by atoms with Gasteiger partial charge < -0.3 is 20.3 Å². The van der Waals surface area contributed by atoms with E-state index in [0.29, 0.717) is 6.61 Å². The second-order valence-corrected chi connectivity index (χ2v) is 2.82. The summed E-state index contributed by atoms with van der Waals surface area (Å²) >= 11 is 0. The predicted molar refractivity (Wildman–Crippen MR) is 47.1 cm³/mol. The molecule has 0 aliphatic rings. The van der Waals surface area contributed by atoms with Gasteiger partial charge in [-0.25, -0.2) is 0 Å². The van der Waals surface area contributed by atoms with Gasteiger partial charge in [-0.3, -0.25) is 4.79 Å². The van der Waals surface area contributed by atoms with Crippen molar-refractivity contribution < 1.29 is 19.4 Å². The van der Waals surface area contributed by atoms with E-state index < -0.39 is 12.0 Å². The van der Waals surface area contributed by atoms with Crippen LogP contribution >= 0.6 is 0 Å². The number of rotatable bonds is 6. The Morgan fingerprint density at radius 3 is 2.69 bits per heavy atom. The van der Waals surface area contributed by atoms with E-state index in [1.165, 1.54) is 7.11 Å². The maximum Gasteiger partial charge on any atom is 0.323 e. The standard InChI is InChI=1S/C8H17NO4/c1-6(5-12-2)13-8(11)7(9)3-4-10/h6-7,10H,3-5,9H2,1-2H3/t6?,7-/m1/s1. The molecule has 0 saturated heterocycles. The fourth-order valence-electron chi connectivity index (χ4n) is 0.811. The van der Waals surface area contributed by atoms with Crippen LogP contribution in [0.1, 0.15) is 13.3 Å². The molecule has 5 heteroatoms. The van der Waals surface area contributed by atoms with E-state index in [4.69, 9.17) is 20.3 Å². The quantitative estimate of drug-likeness (QED) is 0.541. The number of carbonyl (C=O) groups excluding carboxylic acids is 1. The fraction of sp³-hybridized carbons (Fsp3) is 0.875. The Morgan fingerprint density at radius 2 is 2.23 bits per heavy atom. The van der Waals surface area contributed by atoms with Crippen LogP contribution in [-0.2, 0) is 14.3 Å². The van der Waals surface area contributed by atoms with Crippen LogP contribution in [0, 0.1) is 0 Å². The average Bonchev–Trinajstić information content (AvgIpc) is 2.05. The summed E-state index contributed by atoms with van der Waals surface area (Å²) in [7, 11) is 1.53. The minimum absolute atomic E-state index is 0.116. The minimum Gasteiger partial charge on any atom is -0.459 e. The molecule has 0 radical (unpaired) electrons. The van der Waals surface area contributed by atoms with Gasteiger partial charge in [0.25, 0.3) is 0 Å². The van der Waals surface area contributed by atoms with Crippen molar-refractivity contribution in [3.8, 4) is 0 Å². The molecular weight excluding hydrogens is 174 g/mol. The molecule has 0 bridgehead atoms. The third kappa shape index (κ3) is 5.57. The van der Waals surface area contributed by atoms with Gasteiger partial charge in [0.15, 0.2) is 0 Å². The summed E-state index contributed by atoms with van der Waals surface area (Å²) in [5.74, 6) is -0.501. The third-order valence-corrected chi connectivity index (χ3v) is 1.46. The molecule has 0 aromatic carbocycles. The van der Waals surface area contributed by atoms with E-state index >= 15 is 0 Å². The lowest BCUT2D eigenvalue weighted by Crippen LogP contribution is -2.36. The Kier molecular flexibility index (Phi) is 6.48. The van der Waals surface area contributed by atoms with E-state index in [0.717, 1.165) is 0 Å². The maximum atomic E-state index is 11.1. The topological polar surface area (TPSA) is 81.8 Å². The Labute approximate surface area is 77.8 Å². The molecule has 0 rings (SSSR count). The molecule has 0 aliphatic carbocycles. The van der Waals surface area contributed by atoms with Crippen LogP contribution in [-0.4, -0.2) is 43.5 Å². The van der Waals surface area contributed by atoms with Gasteiger partial charge in [-0.1, -0.05) is 0 Å². The molecule has 0 aromatic heterocycles. The first kappa shape index (κ1) is 12.3. The van der Waals surface area contributed by atoms with E-state index in [1.807, 2.05) is 0 Å². The monoisotopic (exact) mass is 191 g/mol. The van der Waals surface area contributed by atoms with Gasteiger partial charge in [-0.2, -0.15) is 0 Å². The fourth-order valence-corrected chi connectivity index (χ4v) is 0.811. The van der Waals surface area contributed by atoms with Gasteiger partial charge in [0.2, 0.25) is 0 Å². The Bertz CT molecular complexity index is 151. The van der Waals surface area contributed by atoms with Crippen molar-refractivity contribution in [2.75, 3.05) is 20.3 Å². The van der Waals surface area contributed by atoms with Crippen LogP contribution in [0.3, 0.4) is 0 Å². The molecule has 3 N–H and O–H groups in total. The molecule has 0 heterocycles. The van der Waals surface area contributed by atoms with Crippen molar-refractivity contribution in [1.82, 2.24) is 0 Å². The lowest BCUT2D eigenvalue weighted by atomic mass is 10.2. The van der Waals surface area contributed by atoms with Crippen LogP contribution in [0.25, 0.3) is 0 Å². The van der Waals surface area contributed by atoms with E-state index in [-0.39, 0.29) is 19.1 Å². The molecule has 0 amide bonds. The van der Waals surface area contributed by atoms with Crippen molar-refractivity contribution in [2.45, 2.75) is 25.5 Å². The van der Waals surface area contributed by atoms with E-state index in [9.17, 15) is 4.79 Å². The number of hydrogen-bond acceptors (Lipinski definition) is 5. The summed E-state index contributed by atoms with van der Waals surface area (Å²) in [5.41, 5.74) is 5.40. The first-order valence-corrected chi connectivity index (χ1v) is 4.17. The molecule has 2 atom stereocenters. The largest absolute Gasteiger partial charge is 0.459 e. The first-order chi connectivity index (χ1) is 6.11. The lowest BCUT2D eigenvalue weighted by molar-refractivity contribution is -0.152. The zero-order chi connectivity index (χ0) is 10.3. The molecule has 1 unspecified atom stereocenters. The van der Waals surface area contributed by atoms with Crippen LogP contribution in [0.5, 0.6) is 0 Å². The molecule has 0 fully saturated rings. The Morgan fingerprint density at radius 1 is 1.62 bits per heavy atom. The SMILES string of the molecule is COCC(C)OC(=O)[C@H](N)CCO. The highest BCUT2D eigenvalue weighted by atomic mass is 16.6. The van der Waals surface area contributed by atoms with Crippen LogP contribution < -0.4 is 5.73 Å². The summed E-state index contributed by atoms with van der Waals surface area (Å²) < 4.78 is 9.68. The molecule has 0 saturated carbocycles. The van der Waals surface area contributed by atoms with Crippen molar-refractivity contribution in [3.63, 3.8) is 0 Å². The van der Waals surface area contributed by atoms with Crippen molar-refractivity contribution in [2.24, 2.45) is 5.73 Å². The summed E-state index contributed by atoms with van der Waals surface area (Å²) in [6.07, 6.45) is -0.0827. The summed E-state index contributed by atoms with van der Waals surface area (Å²) in [6.45, 7) is 1.94. The zero-order valence-corrected chi connectivity index (χ0v) is 8.03. The molecule has 0 aromatic rings. The molecule has 13 heavy (non-hydrogen) atoms. The minimum atomic E-state index is -0.746. The van der Waals surface area contributed by atoms with Gasteiger partial charge in [0, 0.05) is 13.7 Å². The second-order valence-electron chi connectivity index (χ2n) is 2.82. The summed E-state index contributed by atoms with van der Waals surface area (Å²) in [4.78, 5) is 11.1. The first-order valence-electron chi connectivity index (χ1n) is 4.17. The predicted octanol–water partition coefficient (Wildman–Crippen LogP) is -0.726. The molecule has 0 spiro atoms. The highest BCUT2D eigenvalue weighted by molar-refractivity contribution is 5.75. The lowest BCUT2D eigenvalue weighted by Gasteiger charge is -2.15. The number of hydrogen-bond donors (Lipinski definition) is 2. The van der Waals surface area contributed by atoms with Gasteiger partial charge >= 0.3 is 5.97 Å². The number of methoxy groups -OCH3 is 1. The van der Waals surface area contributed by atoms with Gasteiger partial charge in [0.1, 0.15) is 12.1 Å². The van der Waals surface area contributed by atoms with Gasteiger partial charge in [-0.15, -0.1) is 0 Å². The smallest absolute Gasteiger partial charge is 0.323 e. The molecule has 0 aliphatic heterocycles. The van der Waals surface area contributed by atoms with Crippen LogP contribution in [0.4, 0.5) is 0 Å². The van der Waals surface area contributed by atoms with E-state index in [1.54, 1.807) is 6.92 Å². The number of esters is 1. The van der Waals surface area contributed by atoms with Crippen molar-refractivity contribution in [3.05, 3.63) is 0 Å². The van der Waals surface area contributed by atoms with E-state index in [2.05, 4.69) is 0 Å². The Hall–Kier alpha value is -0.650. The number of nitrogens with two attached hydrogens (primary N) is 1. The maximum absolute atomic E-state index is 11.1. The van der Waals surface area contributed by atoms with Crippen LogP contribution in [0.2, 0.25) is 0 Å². The normalized spacial score (nSPS) is 15.1. The number of aliphatic hydroxyl groups excluding tert-OH is 1. The highest BCUT2D eigenvalue weighted by Gasteiger charge is 2.16. The average molecular weight is 191 g/mol. The number of aliphatic hydroxyl groups is 1. The van der Waals surface area contributed by atoms with Gasteiger partial charge in [-0.05, 0) is 13.3 Å². The van der Waals surface area contributed by atoms with Crippen LogP contribution in [0.15, 0.2) is 0 Å².